The van der Waals surface area contributed by atoms with Crippen molar-refractivity contribution < 1.29 is 4.74 Å². The number of pyridine rings is 1. The second-order valence-corrected chi connectivity index (χ2v) is 6.93. The third-order valence-corrected chi connectivity index (χ3v) is 4.91. The zero-order valence-corrected chi connectivity index (χ0v) is 16.7. The van der Waals surface area contributed by atoms with Gasteiger partial charge in [0.05, 0.1) is 36.0 Å². The van der Waals surface area contributed by atoms with Crippen LogP contribution in [-0.4, -0.2) is 50.8 Å². The Kier molecular flexibility index (Phi) is 5.48. The van der Waals surface area contributed by atoms with Crippen molar-refractivity contribution in [2.24, 2.45) is 0 Å². The highest BCUT2D eigenvalue weighted by molar-refractivity contribution is 5.84. The highest BCUT2D eigenvalue weighted by Gasteiger charge is 2.17. The van der Waals surface area contributed by atoms with E-state index in [0.29, 0.717) is 13.2 Å². The first-order valence-electron chi connectivity index (χ1n) is 9.63. The molecule has 0 bridgehead atoms. The maximum atomic E-state index is 5.40. The van der Waals surface area contributed by atoms with Crippen LogP contribution < -0.4 is 4.90 Å². The average Bonchev–Trinajstić information content (AvgIpc) is 3.17. The van der Waals surface area contributed by atoms with Crippen LogP contribution in [0, 0.1) is 0 Å². The number of rotatable bonds is 5. The molecule has 0 unspecified atom stereocenters. The minimum Gasteiger partial charge on any atom is -0.378 e. The molecule has 3 aromatic rings. The molecular weight excluding hydrogens is 364 g/mol. The highest BCUT2D eigenvalue weighted by Crippen LogP contribution is 2.27. The molecule has 7 heteroatoms. The van der Waals surface area contributed by atoms with Gasteiger partial charge < -0.3 is 9.64 Å². The molecule has 1 aliphatic rings. The lowest BCUT2D eigenvalue weighted by molar-refractivity contribution is 0.122. The molecule has 0 spiro atoms. The van der Waals surface area contributed by atoms with Crippen molar-refractivity contribution in [1.29, 1.82) is 0 Å². The standard InChI is InChI=1S/C22H24N6O/c1-4-16(2)5-6-17(3)28-20-15-23-8-7-19(20)26-21(28)18-13-24-22(25-14-18)27-9-11-29-12-10-27/h4-8,13-15H,1,9-12H2,2-3H3/b16-5-,17-6+. The van der Waals surface area contributed by atoms with E-state index in [0.717, 1.165) is 52.7 Å². The minimum absolute atomic E-state index is 0.704. The Labute approximate surface area is 170 Å². The van der Waals surface area contributed by atoms with Crippen molar-refractivity contribution in [3.8, 4) is 11.4 Å². The summed E-state index contributed by atoms with van der Waals surface area (Å²) in [6, 6.07) is 1.91. The van der Waals surface area contributed by atoms with Crippen LogP contribution >= 0.6 is 0 Å². The fraction of sp³-hybridized carbons (Fsp3) is 0.273. The molecule has 3 aromatic heterocycles. The summed E-state index contributed by atoms with van der Waals surface area (Å²) in [5.41, 5.74) is 4.79. The quantitative estimate of drug-likeness (QED) is 0.621. The molecule has 1 saturated heterocycles. The van der Waals surface area contributed by atoms with Gasteiger partial charge in [0.2, 0.25) is 5.95 Å². The van der Waals surface area contributed by atoms with Gasteiger partial charge in [-0.1, -0.05) is 24.3 Å². The summed E-state index contributed by atoms with van der Waals surface area (Å²) in [7, 11) is 0. The first-order valence-corrected chi connectivity index (χ1v) is 9.63. The Morgan fingerprint density at radius 3 is 2.59 bits per heavy atom. The third-order valence-electron chi connectivity index (χ3n) is 4.91. The van der Waals surface area contributed by atoms with E-state index in [1.807, 2.05) is 50.7 Å². The van der Waals surface area contributed by atoms with Crippen molar-refractivity contribution in [3.63, 3.8) is 0 Å². The fourth-order valence-electron chi connectivity index (χ4n) is 3.23. The van der Waals surface area contributed by atoms with Gasteiger partial charge in [-0.2, -0.15) is 0 Å². The third kappa shape index (κ3) is 3.95. The summed E-state index contributed by atoms with van der Waals surface area (Å²) in [6.45, 7) is 10.9. The number of ether oxygens (including phenoxy) is 1. The number of imidazole rings is 1. The van der Waals surface area contributed by atoms with Crippen LogP contribution in [-0.2, 0) is 4.74 Å². The predicted octanol–water partition coefficient (Wildman–Crippen LogP) is 3.72. The lowest BCUT2D eigenvalue weighted by atomic mass is 10.2. The van der Waals surface area contributed by atoms with Crippen LogP contribution in [0.3, 0.4) is 0 Å². The average molecular weight is 388 g/mol. The Morgan fingerprint density at radius 1 is 1.10 bits per heavy atom. The zero-order chi connectivity index (χ0) is 20.2. The molecule has 0 atom stereocenters. The number of fused-ring (bicyclic) bond motifs is 1. The van der Waals surface area contributed by atoms with Crippen molar-refractivity contribution >= 4 is 22.7 Å². The largest absolute Gasteiger partial charge is 0.378 e. The Bertz CT molecular complexity index is 1070. The molecule has 1 fully saturated rings. The summed E-state index contributed by atoms with van der Waals surface area (Å²) in [5.74, 6) is 1.51. The monoisotopic (exact) mass is 388 g/mol. The van der Waals surface area contributed by atoms with Crippen LogP contribution in [0.2, 0.25) is 0 Å². The number of hydrogen-bond donors (Lipinski definition) is 0. The van der Waals surface area contributed by atoms with Crippen molar-refractivity contribution in [2.75, 3.05) is 31.2 Å². The second-order valence-electron chi connectivity index (χ2n) is 6.93. The van der Waals surface area contributed by atoms with Gasteiger partial charge >= 0.3 is 0 Å². The molecule has 7 nitrogen and oxygen atoms in total. The predicted molar refractivity (Wildman–Crippen MR) is 115 cm³/mol. The smallest absolute Gasteiger partial charge is 0.225 e. The lowest BCUT2D eigenvalue weighted by Gasteiger charge is -2.26. The van der Waals surface area contributed by atoms with Gasteiger partial charge in [0, 0.05) is 37.4 Å². The van der Waals surface area contributed by atoms with Gasteiger partial charge in [-0.15, -0.1) is 0 Å². The van der Waals surface area contributed by atoms with Crippen molar-refractivity contribution in [2.45, 2.75) is 13.8 Å². The Hall–Kier alpha value is -3.32. The number of allylic oxidation sites excluding steroid dienone is 5. The van der Waals surface area contributed by atoms with Crippen LogP contribution in [0.1, 0.15) is 13.8 Å². The van der Waals surface area contributed by atoms with Crippen molar-refractivity contribution in [3.05, 3.63) is 61.2 Å². The van der Waals surface area contributed by atoms with Gasteiger partial charge in [-0.3, -0.25) is 9.55 Å². The fourth-order valence-corrected chi connectivity index (χ4v) is 3.23. The first kappa shape index (κ1) is 19.0. The van der Waals surface area contributed by atoms with E-state index < -0.39 is 0 Å². The molecule has 0 aliphatic carbocycles. The van der Waals surface area contributed by atoms with Gasteiger partial charge in [-0.05, 0) is 26.0 Å². The normalized spacial score (nSPS) is 15.7. The van der Waals surface area contributed by atoms with Crippen LogP contribution in [0.15, 0.2) is 61.2 Å². The first-order chi connectivity index (χ1) is 14.2. The van der Waals surface area contributed by atoms with Gasteiger partial charge in [0.15, 0.2) is 0 Å². The van der Waals surface area contributed by atoms with Gasteiger partial charge in [0.25, 0.3) is 0 Å². The van der Waals surface area contributed by atoms with E-state index in [4.69, 9.17) is 9.72 Å². The second kappa shape index (κ2) is 8.36. The Balaban J connectivity index is 1.76. The van der Waals surface area contributed by atoms with E-state index in [9.17, 15) is 0 Å². The van der Waals surface area contributed by atoms with Crippen LogP contribution in [0.25, 0.3) is 28.1 Å². The molecule has 0 N–H and O–H groups in total. The number of aromatic nitrogens is 5. The maximum Gasteiger partial charge on any atom is 0.225 e. The molecule has 4 heterocycles. The molecule has 29 heavy (non-hydrogen) atoms. The zero-order valence-electron chi connectivity index (χ0n) is 16.7. The summed E-state index contributed by atoms with van der Waals surface area (Å²) in [6.07, 6.45) is 13.2. The van der Waals surface area contributed by atoms with Crippen LogP contribution in [0.5, 0.6) is 0 Å². The summed E-state index contributed by atoms with van der Waals surface area (Å²) in [4.78, 5) is 20.4. The number of anilines is 1. The maximum absolute atomic E-state index is 5.40. The molecule has 0 saturated carbocycles. The summed E-state index contributed by atoms with van der Waals surface area (Å²) < 4.78 is 7.49. The SMILES string of the molecule is C=C/C(C)=C\C=C(/C)n1c(-c2cnc(N3CCOCC3)nc2)nc2ccncc21. The Morgan fingerprint density at radius 2 is 1.86 bits per heavy atom. The van der Waals surface area contributed by atoms with E-state index in [-0.39, 0.29) is 0 Å². The number of morpholine rings is 1. The molecule has 0 radical (unpaired) electrons. The molecule has 148 valence electrons. The number of hydrogen-bond acceptors (Lipinski definition) is 6. The summed E-state index contributed by atoms with van der Waals surface area (Å²) in [5, 5.41) is 0. The minimum atomic E-state index is 0.704. The molecule has 4 rings (SSSR count). The van der Waals surface area contributed by atoms with Gasteiger partial charge in [-0.25, -0.2) is 15.0 Å². The van der Waals surface area contributed by atoms with E-state index in [1.165, 1.54) is 0 Å². The van der Waals surface area contributed by atoms with E-state index in [1.54, 1.807) is 6.20 Å². The lowest BCUT2D eigenvalue weighted by Crippen LogP contribution is -2.37. The van der Waals surface area contributed by atoms with Gasteiger partial charge in [0.1, 0.15) is 5.82 Å². The molecular formula is C22H24N6O. The highest BCUT2D eigenvalue weighted by atomic mass is 16.5. The van der Waals surface area contributed by atoms with Crippen molar-refractivity contribution in [1.82, 2.24) is 24.5 Å². The van der Waals surface area contributed by atoms with E-state index >= 15 is 0 Å². The van der Waals surface area contributed by atoms with Crippen LogP contribution in [0.4, 0.5) is 5.95 Å². The molecule has 0 amide bonds. The van der Waals surface area contributed by atoms with E-state index in [2.05, 4.69) is 37.1 Å². The summed E-state index contributed by atoms with van der Waals surface area (Å²) >= 11 is 0. The molecule has 1 aliphatic heterocycles. The number of nitrogens with zero attached hydrogens (tertiary/aromatic N) is 6. The molecule has 0 aromatic carbocycles. The topological polar surface area (TPSA) is 69.0 Å².